The number of ketones is 1. The summed E-state index contributed by atoms with van der Waals surface area (Å²) in [6.45, 7) is 3.93. The highest BCUT2D eigenvalue weighted by Gasteiger charge is 2.68. The number of hydrogen-bond acceptors (Lipinski definition) is 5. The van der Waals surface area contributed by atoms with Crippen LogP contribution in [0.25, 0.3) is 0 Å². The zero-order valence-electron chi connectivity index (χ0n) is 19.5. The molecule has 5 atom stereocenters. The number of hydroxylamine groups is 1. The minimum Gasteiger partial charge on any atom is -0.455 e. The second kappa shape index (κ2) is 7.87. The first-order valence-electron chi connectivity index (χ1n) is 11.9. The van der Waals surface area contributed by atoms with Crippen molar-refractivity contribution < 1.29 is 23.6 Å². The van der Waals surface area contributed by atoms with Gasteiger partial charge in [0.25, 0.3) is 0 Å². The number of rotatable bonds is 2. The van der Waals surface area contributed by atoms with Crippen LogP contribution in [-0.4, -0.2) is 23.5 Å². The lowest BCUT2D eigenvalue weighted by atomic mass is 9.60. The number of benzene rings is 2. The molecule has 1 saturated carbocycles. The van der Waals surface area contributed by atoms with Crippen LogP contribution in [-0.2, 0) is 19.2 Å². The summed E-state index contributed by atoms with van der Waals surface area (Å²) in [5, 5.41) is 1.77. The molecule has 6 rings (SSSR count). The second-order valence-electron chi connectivity index (χ2n) is 10.2. The van der Waals surface area contributed by atoms with Crippen molar-refractivity contribution >= 4 is 33.4 Å². The lowest BCUT2D eigenvalue weighted by Crippen LogP contribution is -2.47. The van der Waals surface area contributed by atoms with Crippen molar-refractivity contribution in [3.63, 3.8) is 0 Å². The van der Waals surface area contributed by atoms with Gasteiger partial charge in [-0.2, -0.15) is 0 Å². The Balaban J connectivity index is 1.44. The lowest BCUT2D eigenvalue weighted by molar-refractivity contribution is -0.157. The van der Waals surface area contributed by atoms with Gasteiger partial charge in [-0.15, -0.1) is 0 Å². The minimum atomic E-state index is -1.19. The lowest BCUT2D eigenvalue weighted by Gasteiger charge is -2.44. The molecule has 2 aliphatic heterocycles. The third-order valence-corrected chi connectivity index (χ3v) is 8.78. The van der Waals surface area contributed by atoms with Gasteiger partial charge in [0.15, 0.2) is 5.78 Å². The van der Waals surface area contributed by atoms with Crippen molar-refractivity contribution in [3.05, 3.63) is 87.7 Å². The molecular weight excluding hydrogens is 513 g/mol. The normalized spacial score (nSPS) is 33.8. The van der Waals surface area contributed by atoms with Gasteiger partial charge in [0.1, 0.15) is 11.9 Å². The molecule has 5 nitrogen and oxygen atoms in total. The van der Waals surface area contributed by atoms with Gasteiger partial charge in [-0.1, -0.05) is 37.3 Å². The van der Waals surface area contributed by atoms with E-state index in [4.69, 9.17) is 9.57 Å². The first-order valence-corrected chi connectivity index (χ1v) is 12.7. The maximum absolute atomic E-state index is 14.0. The predicted molar refractivity (Wildman–Crippen MR) is 132 cm³/mol. The summed E-state index contributed by atoms with van der Waals surface area (Å²) in [6.07, 6.45) is 4.97. The second-order valence-corrected chi connectivity index (χ2v) is 11.0. The van der Waals surface area contributed by atoms with Crippen LogP contribution in [0.4, 0.5) is 10.1 Å². The highest BCUT2D eigenvalue weighted by Crippen LogP contribution is 2.59. The van der Waals surface area contributed by atoms with Crippen molar-refractivity contribution in [1.82, 2.24) is 0 Å². The van der Waals surface area contributed by atoms with Gasteiger partial charge in [-0.25, -0.2) is 14.2 Å². The number of hydrogen-bond donors (Lipinski definition) is 0. The highest BCUT2D eigenvalue weighted by atomic mass is 79.9. The Morgan fingerprint density at radius 2 is 1.91 bits per heavy atom. The van der Waals surface area contributed by atoms with Gasteiger partial charge in [0.05, 0.1) is 16.2 Å². The van der Waals surface area contributed by atoms with E-state index in [2.05, 4.69) is 22.9 Å². The minimum absolute atomic E-state index is 0.0394. The summed E-state index contributed by atoms with van der Waals surface area (Å²) in [5.74, 6) is -1.02. The van der Waals surface area contributed by atoms with Gasteiger partial charge < -0.3 is 4.74 Å². The molecule has 7 heteroatoms. The van der Waals surface area contributed by atoms with Gasteiger partial charge in [-0.3, -0.25) is 9.63 Å². The maximum Gasteiger partial charge on any atom is 0.342 e. The largest absolute Gasteiger partial charge is 0.455 e. The third-order valence-electron chi connectivity index (χ3n) is 8.17. The Bertz CT molecular complexity index is 1310. The van der Waals surface area contributed by atoms with Crippen LogP contribution in [0.5, 0.6) is 0 Å². The number of carbonyl (C=O) groups is 2. The molecule has 0 unspecified atom stereocenters. The predicted octanol–water partition coefficient (Wildman–Crippen LogP) is 6.01. The molecule has 35 heavy (non-hydrogen) atoms. The van der Waals surface area contributed by atoms with Crippen LogP contribution in [0.3, 0.4) is 0 Å². The molecule has 0 bridgehead atoms. The summed E-state index contributed by atoms with van der Waals surface area (Å²) < 4.78 is 20.5. The summed E-state index contributed by atoms with van der Waals surface area (Å²) >= 11 is 3.30. The number of fused-ring (bicyclic) bond motifs is 4. The van der Waals surface area contributed by atoms with Crippen molar-refractivity contribution in [2.75, 3.05) is 5.06 Å². The highest BCUT2D eigenvalue weighted by molar-refractivity contribution is 9.10. The standard InChI is InChI=1S/C28H25BrFNO4/c1-16-23(32)11-13-27(2)12-10-19-25(24(16)27)34-26(33)28(19)15-22(17-8-9-21(30)20(29)14-17)31(35-28)18-6-4-3-5-7-18/h3-9,11,13-14,19,22,25H,10,12,15H2,1-2H3/t19-,22-,25+,27+,28+/m1/s1. The van der Waals surface area contributed by atoms with Crippen LogP contribution in [0.1, 0.15) is 44.7 Å². The molecule has 2 heterocycles. The number of halogens is 2. The molecule has 0 aromatic heterocycles. The van der Waals surface area contributed by atoms with Gasteiger partial charge in [0, 0.05) is 23.3 Å². The fraction of sp³-hybridized carbons (Fsp3) is 0.357. The fourth-order valence-corrected chi connectivity index (χ4v) is 6.75. The molecule has 2 saturated heterocycles. The average molecular weight is 538 g/mol. The van der Waals surface area contributed by atoms with E-state index in [0.717, 1.165) is 29.7 Å². The van der Waals surface area contributed by atoms with Crippen LogP contribution in [0, 0.1) is 17.2 Å². The number of anilines is 1. The number of ether oxygens (including phenoxy) is 1. The number of carbonyl (C=O) groups excluding carboxylic acids is 2. The molecule has 0 amide bonds. The van der Waals surface area contributed by atoms with E-state index in [-0.39, 0.29) is 29.0 Å². The molecular formula is C28H25BrFNO4. The van der Waals surface area contributed by atoms with E-state index in [1.54, 1.807) is 23.3 Å². The van der Waals surface area contributed by atoms with Crippen molar-refractivity contribution in [3.8, 4) is 0 Å². The van der Waals surface area contributed by atoms with Crippen LogP contribution < -0.4 is 5.06 Å². The number of esters is 1. The SMILES string of the molecule is CC1=C2[C@H]3OC(=O)[C@]4(C[C@H](c5ccc(F)c(Br)c5)N(c5ccccc5)O4)[C@@H]3CC[C@@]2(C)C=CC1=O. The molecule has 1 spiro atoms. The topological polar surface area (TPSA) is 55.8 Å². The smallest absolute Gasteiger partial charge is 0.342 e. The first-order chi connectivity index (χ1) is 16.7. The summed E-state index contributed by atoms with van der Waals surface area (Å²) in [7, 11) is 0. The summed E-state index contributed by atoms with van der Waals surface area (Å²) in [4.78, 5) is 32.8. The van der Waals surface area contributed by atoms with Crippen molar-refractivity contribution in [1.29, 1.82) is 0 Å². The van der Waals surface area contributed by atoms with E-state index in [0.29, 0.717) is 16.5 Å². The van der Waals surface area contributed by atoms with E-state index in [1.807, 2.05) is 43.3 Å². The van der Waals surface area contributed by atoms with Gasteiger partial charge >= 0.3 is 5.97 Å². The van der Waals surface area contributed by atoms with Gasteiger partial charge in [0.2, 0.25) is 5.60 Å². The zero-order chi connectivity index (χ0) is 24.5. The van der Waals surface area contributed by atoms with E-state index >= 15 is 0 Å². The molecule has 0 radical (unpaired) electrons. The van der Waals surface area contributed by atoms with Crippen molar-refractivity contribution in [2.45, 2.75) is 50.9 Å². The first kappa shape index (κ1) is 22.7. The molecule has 3 fully saturated rings. The maximum atomic E-state index is 14.0. The number of allylic oxidation sites excluding steroid dienone is 3. The van der Waals surface area contributed by atoms with E-state index in [9.17, 15) is 14.0 Å². The Morgan fingerprint density at radius 1 is 1.14 bits per heavy atom. The molecule has 2 aromatic carbocycles. The Labute approximate surface area is 211 Å². The molecule has 2 aliphatic carbocycles. The van der Waals surface area contributed by atoms with Crippen LogP contribution in [0.15, 0.2) is 76.3 Å². The van der Waals surface area contributed by atoms with Crippen LogP contribution >= 0.6 is 15.9 Å². The molecule has 2 aromatic rings. The summed E-state index contributed by atoms with van der Waals surface area (Å²) in [5.41, 5.74) is 1.69. The summed E-state index contributed by atoms with van der Waals surface area (Å²) in [6, 6.07) is 14.2. The Morgan fingerprint density at radius 3 is 2.66 bits per heavy atom. The molecule has 180 valence electrons. The molecule has 0 N–H and O–H groups in total. The van der Waals surface area contributed by atoms with E-state index in [1.165, 1.54) is 6.07 Å². The third kappa shape index (κ3) is 3.28. The Kier molecular flexibility index (Phi) is 5.10. The van der Waals surface area contributed by atoms with Crippen LogP contribution in [0.2, 0.25) is 0 Å². The average Bonchev–Trinajstić information content (AvgIpc) is 3.37. The Hall–Kier alpha value is -2.77. The van der Waals surface area contributed by atoms with E-state index < -0.39 is 17.7 Å². The van der Waals surface area contributed by atoms with Crippen molar-refractivity contribution in [2.24, 2.45) is 11.3 Å². The molecule has 4 aliphatic rings. The quantitative estimate of drug-likeness (QED) is 0.439. The number of para-hydroxylation sites is 1. The number of nitrogens with zero attached hydrogens (tertiary/aromatic N) is 1. The fourth-order valence-electron chi connectivity index (χ4n) is 6.35. The monoisotopic (exact) mass is 537 g/mol. The zero-order valence-corrected chi connectivity index (χ0v) is 21.0. The van der Waals surface area contributed by atoms with Gasteiger partial charge in [-0.05, 0) is 77.2 Å².